The summed E-state index contributed by atoms with van der Waals surface area (Å²) in [4.78, 5) is 41.5. The lowest BCUT2D eigenvalue weighted by atomic mass is 10.0. The smallest absolute Gasteiger partial charge is 0.269 e. The van der Waals surface area contributed by atoms with Crippen molar-refractivity contribution in [3.05, 3.63) is 75.7 Å². The van der Waals surface area contributed by atoms with Crippen LogP contribution < -0.4 is 4.90 Å². The first-order valence-corrected chi connectivity index (χ1v) is 11.2. The van der Waals surface area contributed by atoms with Crippen molar-refractivity contribution in [3.63, 3.8) is 0 Å². The van der Waals surface area contributed by atoms with E-state index in [2.05, 4.69) is 16.8 Å². The standard InChI is InChI=1S/C24H24N6O4/c1-16-15-34-12-11-29(16)23-20-8-10-28(24(31)18-3-2-9-25-13-18)14-21(20)26-22(27-23)17-4-6-19(7-5-17)30(32)33/h2-7,9,13,16H,8,10-12,14-15H2,1H3. The molecule has 2 aliphatic heterocycles. The summed E-state index contributed by atoms with van der Waals surface area (Å²) in [7, 11) is 0. The third kappa shape index (κ3) is 4.19. The Morgan fingerprint density at radius 1 is 1.18 bits per heavy atom. The molecule has 174 valence electrons. The number of rotatable bonds is 4. The Bertz CT molecular complexity index is 1220. The molecule has 3 aromatic rings. The molecular weight excluding hydrogens is 436 g/mol. The van der Waals surface area contributed by atoms with Gasteiger partial charge in [-0.15, -0.1) is 0 Å². The third-order valence-corrected chi connectivity index (χ3v) is 6.21. The van der Waals surface area contributed by atoms with Crippen molar-refractivity contribution in [1.82, 2.24) is 19.9 Å². The van der Waals surface area contributed by atoms with Gasteiger partial charge in [-0.3, -0.25) is 19.9 Å². The predicted molar refractivity (Wildman–Crippen MR) is 124 cm³/mol. The number of fused-ring (bicyclic) bond motifs is 1. The second kappa shape index (κ2) is 9.14. The second-order valence-electron chi connectivity index (χ2n) is 8.44. The van der Waals surface area contributed by atoms with Crippen LogP contribution in [0.15, 0.2) is 48.8 Å². The molecule has 10 heteroatoms. The lowest BCUT2D eigenvalue weighted by molar-refractivity contribution is -0.384. The SMILES string of the molecule is CC1COCCN1c1nc(-c2ccc([N+](=O)[O-])cc2)nc2c1CCN(C(=O)c1cccnc1)C2. The van der Waals surface area contributed by atoms with Crippen LogP contribution in [0.25, 0.3) is 11.4 Å². The highest BCUT2D eigenvalue weighted by Crippen LogP contribution is 2.32. The first-order valence-electron chi connectivity index (χ1n) is 11.2. The highest BCUT2D eigenvalue weighted by atomic mass is 16.6. The number of hydrogen-bond acceptors (Lipinski definition) is 8. The van der Waals surface area contributed by atoms with Crippen LogP contribution in [0.3, 0.4) is 0 Å². The van der Waals surface area contributed by atoms with E-state index in [9.17, 15) is 14.9 Å². The number of non-ortho nitro benzene ring substituents is 1. The van der Waals surface area contributed by atoms with Crippen LogP contribution in [-0.2, 0) is 17.7 Å². The molecule has 1 unspecified atom stereocenters. The minimum atomic E-state index is -0.430. The zero-order valence-electron chi connectivity index (χ0n) is 18.8. The van der Waals surface area contributed by atoms with Crippen molar-refractivity contribution >= 4 is 17.4 Å². The molecule has 4 heterocycles. The Morgan fingerprint density at radius 2 is 2.00 bits per heavy atom. The van der Waals surface area contributed by atoms with Crippen molar-refractivity contribution in [2.45, 2.75) is 25.9 Å². The molecule has 0 N–H and O–H groups in total. The maximum atomic E-state index is 13.1. The number of pyridine rings is 1. The Morgan fingerprint density at radius 3 is 2.71 bits per heavy atom. The van der Waals surface area contributed by atoms with Crippen molar-refractivity contribution in [2.75, 3.05) is 31.2 Å². The molecule has 1 fully saturated rings. The summed E-state index contributed by atoms with van der Waals surface area (Å²) in [6.07, 6.45) is 3.85. The molecule has 1 amide bonds. The minimum Gasteiger partial charge on any atom is -0.377 e. The Hall–Kier alpha value is -3.92. The van der Waals surface area contributed by atoms with Crippen molar-refractivity contribution in [2.24, 2.45) is 0 Å². The van der Waals surface area contributed by atoms with Gasteiger partial charge in [0.05, 0.1) is 42.0 Å². The van der Waals surface area contributed by atoms with E-state index in [1.807, 2.05) is 0 Å². The van der Waals surface area contributed by atoms with Gasteiger partial charge in [-0.2, -0.15) is 0 Å². The zero-order chi connectivity index (χ0) is 23.7. The van der Waals surface area contributed by atoms with Gasteiger partial charge in [-0.05, 0) is 37.6 Å². The fourth-order valence-corrected chi connectivity index (χ4v) is 4.40. The third-order valence-electron chi connectivity index (χ3n) is 6.21. The van der Waals surface area contributed by atoms with E-state index in [1.165, 1.54) is 12.1 Å². The average Bonchev–Trinajstić information content (AvgIpc) is 2.88. The van der Waals surface area contributed by atoms with Gasteiger partial charge in [0.25, 0.3) is 11.6 Å². The summed E-state index contributed by atoms with van der Waals surface area (Å²) in [6, 6.07) is 9.88. The van der Waals surface area contributed by atoms with Gasteiger partial charge in [0.2, 0.25) is 0 Å². The quantitative estimate of drug-likeness (QED) is 0.431. The van der Waals surface area contributed by atoms with E-state index in [4.69, 9.17) is 14.7 Å². The number of nitrogens with zero attached hydrogens (tertiary/aromatic N) is 6. The molecule has 1 saturated heterocycles. The topological polar surface area (TPSA) is 115 Å². The summed E-state index contributed by atoms with van der Waals surface area (Å²) < 4.78 is 5.62. The summed E-state index contributed by atoms with van der Waals surface area (Å²) >= 11 is 0. The number of carbonyl (C=O) groups is 1. The fraction of sp³-hybridized carbons (Fsp3) is 0.333. The van der Waals surface area contributed by atoms with Crippen LogP contribution in [0.2, 0.25) is 0 Å². The number of nitro benzene ring substituents is 1. The van der Waals surface area contributed by atoms with E-state index < -0.39 is 4.92 Å². The van der Waals surface area contributed by atoms with E-state index >= 15 is 0 Å². The van der Waals surface area contributed by atoms with Crippen LogP contribution in [0.4, 0.5) is 11.5 Å². The van der Waals surface area contributed by atoms with Gasteiger partial charge in [0.15, 0.2) is 5.82 Å². The number of carbonyl (C=O) groups excluding carboxylic acids is 1. The molecule has 0 aliphatic carbocycles. The zero-order valence-corrected chi connectivity index (χ0v) is 18.8. The molecule has 0 saturated carbocycles. The Balaban J connectivity index is 1.54. The van der Waals surface area contributed by atoms with Gasteiger partial charge in [-0.25, -0.2) is 9.97 Å². The Kier molecular flexibility index (Phi) is 5.89. The molecule has 1 atom stereocenters. The molecule has 34 heavy (non-hydrogen) atoms. The number of aromatic nitrogens is 3. The summed E-state index contributed by atoms with van der Waals surface area (Å²) in [5.74, 6) is 1.25. The summed E-state index contributed by atoms with van der Waals surface area (Å²) in [5, 5.41) is 11.1. The molecule has 2 aromatic heterocycles. The van der Waals surface area contributed by atoms with E-state index in [0.717, 1.165) is 17.1 Å². The van der Waals surface area contributed by atoms with E-state index in [1.54, 1.807) is 41.6 Å². The molecule has 0 bridgehead atoms. The molecule has 0 spiro atoms. The predicted octanol–water partition coefficient (Wildman–Crippen LogP) is 2.87. The minimum absolute atomic E-state index is 0.0111. The van der Waals surface area contributed by atoms with Crippen molar-refractivity contribution in [1.29, 1.82) is 0 Å². The number of ether oxygens (including phenoxy) is 1. The van der Waals surface area contributed by atoms with Gasteiger partial charge < -0.3 is 14.5 Å². The lowest BCUT2D eigenvalue weighted by Crippen LogP contribution is -2.45. The highest BCUT2D eigenvalue weighted by molar-refractivity contribution is 5.94. The summed E-state index contributed by atoms with van der Waals surface area (Å²) in [5.41, 5.74) is 3.07. The number of nitro groups is 1. The van der Waals surface area contributed by atoms with Crippen LogP contribution in [-0.4, -0.2) is 63.0 Å². The number of amides is 1. The Labute approximate surface area is 196 Å². The van der Waals surface area contributed by atoms with Crippen molar-refractivity contribution < 1.29 is 14.5 Å². The number of anilines is 1. The second-order valence-corrected chi connectivity index (χ2v) is 8.44. The molecule has 10 nitrogen and oxygen atoms in total. The summed E-state index contributed by atoms with van der Waals surface area (Å²) in [6.45, 7) is 4.95. The van der Waals surface area contributed by atoms with Crippen molar-refractivity contribution in [3.8, 4) is 11.4 Å². The normalized spacial score (nSPS) is 17.9. The van der Waals surface area contributed by atoms with Crippen LogP contribution >= 0.6 is 0 Å². The number of morpholine rings is 1. The maximum Gasteiger partial charge on any atom is 0.269 e. The molecular formula is C24H24N6O4. The van der Waals surface area contributed by atoms with Gasteiger partial charge in [0, 0.05) is 48.7 Å². The van der Waals surface area contributed by atoms with E-state index in [0.29, 0.717) is 56.2 Å². The molecule has 2 aliphatic rings. The highest BCUT2D eigenvalue weighted by Gasteiger charge is 2.30. The average molecular weight is 460 g/mol. The largest absolute Gasteiger partial charge is 0.377 e. The molecule has 0 radical (unpaired) electrons. The van der Waals surface area contributed by atoms with Gasteiger partial charge in [0.1, 0.15) is 5.82 Å². The van der Waals surface area contributed by atoms with Gasteiger partial charge in [-0.1, -0.05) is 0 Å². The molecule has 1 aromatic carbocycles. The fourth-order valence-electron chi connectivity index (χ4n) is 4.40. The first-order chi connectivity index (χ1) is 16.5. The number of benzene rings is 1. The number of hydrogen-bond donors (Lipinski definition) is 0. The lowest BCUT2D eigenvalue weighted by Gasteiger charge is -2.37. The van der Waals surface area contributed by atoms with Crippen LogP contribution in [0.5, 0.6) is 0 Å². The van der Waals surface area contributed by atoms with E-state index in [-0.39, 0.29) is 17.6 Å². The monoisotopic (exact) mass is 460 g/mol. The first kappa shape index (κ1) is 21.9. The van der Waals surface area contributed by atoms with Crippen LogP contribution in [0.1, 0.15) is 28.5 Å². The maximum absolute atomic E-state index is 13.1. The molecule has 5 rings (SSSR count). The van der Waals surface area contributed by atoms with Gasteiger partial charge >= 0.3 is 0 Å². The van der Waals surface area contributed by atoms with Crippen LogP contribution in [0, 0.1) is 10.1 Å².